The van der Waals surface area contributed by atoms with E-state index in [2.05, 4.69) is 152 Å². The van der Waals surface area contributed by atoms with Crippen molar-refractivity contribution in [3.05, 3.63) is 220 Å². The van der Waals surface area contributed by atoms with Crippen LogP contribution in [0.5, 0.6) is 0 Å². The maximum Gasteiger partial charge on any atom is 0.0941 e. The molecule has 0 aliphatic heterocycles. The molecule has 2 atom stereocenters. The Balaban J connectivity index is 1.00. The van der Waals surface area contributed by atoms with Gasteiger partial charge in [0.25, 0.3) is 0 Å². The van der Waals surface area contributed by atoms with Crippen LogP contribution in [0.4, 0.5) is 0 Å². The number of fused-ring (bicyclic) bond motifs is 10. The van der Waals surface area contributed by atoms with Crippen LogP contribution < -0.4 is 5.73 Å². The lowest BCUT2D eigenvalue weighted by Gasteiger charge is -2.43. The van der Waals surface area contributed by atoms with Gasteiger partial charge in [-0.15, -0.1) is 0 Å². The smallest absolute Gasteiger partial charge is 0.0941 e. The molecule has 0 saturated heterocycles. The molecule has 0 heterocycles. The van der Waals surface area contributed by atoms with E-state index < -0.39 is 0 Å². The van der Waals surface area contributed by atoms with Gasteiger partial charge in [-0.3, -0.25) is 0 Å². The summed E-state index contributed by atoms with van der Waals surface area (Å²) in [5, 5.41) is 0. The van der Waals surface area contributed by atoms with Gasteiger partial charge in [-0.2, -0.15) is 0 Å². The van der Waals surface area contributed by atoms with Gasteiger partial charge in [0.1, 0.15) is 0 Å². The molecule has 0 radical (unpaired) electrons. The first-order chi connectivity index (χ1) is 29.6. The number of hydrogen-bond donors (Lipinski definition) is 1. The summed E-state index contributed by atoms with van der Waals surface area (Å²) >= 11 is 0. The molecule has 296 valence electrons. The first-order valence-corrected chi connectivity index (χ1v) is 22.6. The molecule has 0 bridgehead atoms. The number of nitrogens with two attached hydrogens (primary N) is 1. The number of rotatable bonds is 7. The van der Waals surface area contributed by atoms with E-state index in [1.807, 2.05) is 18.2 Å². The third-order valence-electron chi connectivity index (χ3n) is 15.1. The van der Waals surface area contributed by atoms with Crippen LogP contribution in [0, 0.1) is 5.92 Å². The summed E-state index contributed by atoms with van der Waals surface area (Å²) in [5.41, 5.74) is 26.3. The first kappa shape index (κ1) is 37.0. The van der Waals surface area contributed by atoms with Crippen molar-refractivity contribution >= 4 is 22.7 Å². The topological polar surface area (TPSA) is 38.4 Å². The molecule has 2 fully saturated rings. The molecule has 2 N–H and O–H groups in total. The van der Waals surface area contributed by atoms with Crippen LogP contribution >= 0.6 is 0 Å². The summed E-state index contributed by atoms with van der Waals surface area (Å²) in [6.07, 6.45) is 19.5. The Labute approximate surface area is 356 Å². The Morgan fingerprint density at radius 1 is 0.550 bits per heavy atom. The Hall–Kier alpha value is -5.99. The summed E-state index contributed by atoms with van der Waals surface area (Å²) in [7, 11) is 0. The molecule has 0 aromatic heterocycles. The lowest BCUT2D eigenvalue weighted by molar-refractivity contribution is 0.232. The highest BCUT2D eigenvalue weighted by Gasteiger charge is 2.55. The van der Waals surface area contributed by atoms with Crippen LogP contribution in [-0.2, 0) is 17.3 Å². The van der Waals surface area contributed by atoms with E-state index in [-0.39, 0.29) is 10.8 Å². The fraction of sp³-hybridized carbons (Fsp3) is 0.259. The second kappa shape index (κ2) is 15.2. The molecule has 0 amide bonds. The molecule has 11 rings (SSSR count). The molecule has 6 aromatic rings. The van der Waals surface area contributed by atoms with Crippen molar-refractivity contribution in [1.29, 1.82) is 0 Å². The van der Waals surface area contributed by atoms with Crippen molar-refractivity contribution < 1.29 is 0 Å². The van der Waals surface area contributed by atoms with Gasteiger partial charge in [0.15, 0.2) is 0 Å². The van der Waals surface area contributed by atoms with Crippen molar-refractivity contribution in [1.82, 2.24) is 0 Å². The predicted octanol–water partition coefficient (Wildman–Crippen LogP) is 14.0. The molecule has 6 aromatic carbocycles. The largest absolute Gasteiger partial charge is 0.396 e. The van der Waals surface area contributed by atoms with Crippen LogP contribution in [0.25, 0.3) is 28.1 Å². The van der Waals surface area contributed by atoms with Gasteiger partial charge in [0.2, 0.25) is 0 Å². The second-order valence-corrected chi connectivity index (χ2v) is 18.2. The van der Waals surface area contributed by atoms with Crippen LogP contribution in [-0.4, -0.2) is 5.71 Å². The molecule has 2 nitrogen and oxygen atoms in total. The average Bonchev–Trinajstić information content (AvgIpc) is 3.72. The highest BCUT2D eigenvalue weighted by molar-refractivity contribution is 6.07. The Bertz CT molecular complexity index is 2670. The quantitative estimate of drug-likeness (QED) is 0.127. The molecule has 5 aliphatic carbocycles. The summed E-state index contributed by atoms with van der Waals surface area (Å²) in [4.78, 5) is 5.47. The lowest BCUT2D eigenvalue weighted by atomic mass is 9.61. The monoisotopic (exact) mass is 778 g/mol. The van der Waals surface area contributed by atoms with Crippen LogP contribution in [0.1, 0.15) is 115 Å². The van der Waals surface area contributed by atoms with E-state index in [1.165, 1.54) is 86.5 Å². The second-order valence-electron chi connectivity index (χ2n) is 18.2. The third-order valence-corrected chi connectivity index (χ3v) is 15.1. The van der Waals surface area contributed by atoms with E-state index in [1.54, 1.807) is 27.8 Å². The maximum absolute atomic E-state index is 7.11. The SMILES string of the molecule is N/C(=C(\N=C(/Cc1ccccc1)c1ccccc1)c1ccc(-c2ccc3c(c2)C2=CC4C(C=C2C32CCCCC2)c2ccccc2C42CCCCC2)cc1)c1ccccc1. The molecule has 2 spiro atoms. The average molecular weight is 779 g/mol. The molecule has 2 unspecified atom stereocenters. The molecular weight excluding hydrogens is 725 g/mol. The van der Waals surface area contributed by atoms with Gasteiger partial charge in [-0.25, -0.2) is 4.99 Å². The van der Waals surface area contributed by atoms with Crippen LogP contribution in [0.15, 0.2) is 180 Å². The molecular formula is C58H54N2. The number of aliphatic imine (C=N–C) groups is 1. The summed E-state index contributed by atoms with van der Waals surface area (Å²) in [5.74, 6) is 1.02. The van der Waals surface area contributed by atoms with Gasteiger partial charge in [-0.1, -0.05) is 202 Å². The highest BCUT2D eigenvalue weighted by atomic mass is 14.8. The van der Waals surface area contributed by atoms with Gasteiger partial charge in [0, 0.05) is 28.7 Å². The third kappa shape index (κ3) is 6.18. The number of allylic oxidation sites excluding steroid dienone is 4. The van der Waals surface area contributed by atoms with Crippen molar-refractivity contribution in [2.75, 3.05) is 0 Å². The number of benzene rings is 6. The number of nitrogens with zero attached hydrogens (tertiary/aromatic N) is 1. The maximum atomic E-state index is 7.11. The Morgan fingerprint density at radius 3 is 1.88 bits per heavy atom. The van der Waals surface area contributed by atoms with E-state index in [4.69, 9.17) is 10.7 Å². The van der Waals surface area contributed by atoms with E-state index in [9.17, 15) is 0 Å². The lowest BCUT2D eigenvalue weighted by Crippen LogP contribution is -2.35. The standard InChI is InChI=1S/C58H54N2/c59-55(43-22-10-3-11-23-43)56(60-54(42-20-8-2-9-21-42)36-40-18-6-1-7-19-40)44-28-26-41(27-29-44)45-30-31-51-47(37-45)49-39-52-48(38-53(49)58(51)34-16-5-17-35-58)46-24-12-13-25-50(46)57(52)32-14-4-15-33-57/h1-3,6-13,18-31,37-39,48,52H,4-5,14-17,32-36,59H2/b56-55-,60-54+. The van der Waals surface area contributed by atoms with E-state index in [0.717, 1.165) is 28.1 Å². The van der Waals surface area contributed by atoms with Crippen molar-refractivity contribution in [3.63, 3.8) is 0 Å². The van der Waals surface area contributed by atoms with Gasteiger partial charge in [0.05, 0.1) is 17.1 Å². The summed E-state index contributed by atoms with van der Waals surface area (Å²) in [6.45, 7) is 0. The predicted molar refractivity (Wildman–Crippen MR) is 251 cm³/mol. The van der Waals surface area contributed by atoms with E-state index in [0.29, 0.717) is 24.0 Å². The Kier molecular flexibility index (Phi) is 9.41. The van der Waals surface area contributed by atoms with E-state index >= 15 is 0 Å². The molecule has 5 aliphatic rings. The van der Waals surface area contributed by atoms with Crippen molar-refractivity contribution in [2.24, 2.45) is 16.6 Å². The van der Waals surface area contributed by atoms with Crippen LogP contribution in [0.2, 0.25) is 0 Å². The Morgan fingerprint density at radius 2 is 1.17 bits per heavy atom. The van der Waals surface area contributed by atoms with Gasteiger partial charge < -0.3 is 5.73 Å². The first-order valence-electron chi connectivity index (χ1n) is 22.6. The molecule has 2 saturated carbocycles. The summed E-state index contributed by atoms with van der Waals surface area (Å²) < 4.78 is 0. The minimum absolute atomic E-state index is 0.132. The van der Waals surface area contributed by atoms with Crippen molar-refractivity contribution in [2.45, 2.75) is 87.4 Å². The van der Waals surface area contributed by atoms with Gasteiger partial charge in [-0.05, 0) is 98.9 Å². The zero-order valence-corrected chi connectivity index (χ0v) is 34.6. The fourth-order valence-corrected chi connectivity index (χ4v) is 12.2. The minimum Gasteiger partial charge on any atom is -0.396 e. The van der Waals surface area contributed by atoms with Crippen LogP contribution in [0.3, 0.4) is 0 Å². The fourth-order valence-electron chi connectivity index (χ4n) is 12.2. The zero-order chi connectivity index (χ0) is 40.1. The minimum atomic E-state index is 0.132. The molecule has 60 heavy (non-hydrogen) atoms. The van der Waals surface area contributed by atoms with Gasteiger partial charge >= 0.3 is 0 Å². The highest BCUT2D eigenvalue weighted by Crippen LogP contribution is 2.65. The summed E-state index contributed by atoms with van der Waals surface area (Å²) in [6, 6.07) is 57.4. The number of hydrogen-bond acceptors (Lipinski definition) is 2. The molecule has 2 heteroatoms. The van der Waals surface area contributed by atoms with Crippen molar-refractivity contribution in [3.8, 4) is 11.1 Å². The normalized spacial score (nSPS) is 21.3. The zero-order valence-electron chi connectivity index (χ0n) is 34.6.